The molecular formula is C18H22N2O. The first kappa shape index (κ1) is 14.1. The van der Waals surface area contributed by atoms with E-state index in [4.69, 9.17) is 4.74 Å². The first-order valence-corrected chi connectivity index (χ1v) is 7.59. The van der Waals surface area contributed by atoms with Crippen molar-refractivity contribution >= 4 is 0 Å². The molecule has 0 unspecified atom stereocenters. The van der Waals surface area contributed by atoms with Crippen molar-refractivity contribution in [3.05, 3.63) is 59.8 Å². The number of hydrogen-bond donors (Lipinski definition) is 0. The summed E-state index contributed by atoms with van der Waals surface area (Å²) in [6.07, 6.45) is 2.04. The lowest BCUT2D eigenvalue weighted by Gasteiger charge is -2.38. The number of rotatable bonds is 5. The van der Waals surface area contributed by atoms with Gasteiger partial charge in [0.05, 0.1) is 0 Å². The monoisotopic (exact) mass is 282 g/mol. The van der Waals surface area contributed by atoms with Gasteiger partial charge in [-0.25, -0.2) is 4.98 Å². The highest BCUT2D eigenvalue weighted by molar-refractivity contribution is 5.24. The zero-order valence-electron chi connectivity index (χ0n) is 12.7. The van der Waals surface area contributed by atoms with Crippen LogP contribution in [0.5, 0.6) is 5.88 Å². The van der Waals surface area contributed by atoms with Gasteiger partial charge in [0.25, 0.3) is 0 Å². The van der Waals surface area contributed by atoms with Gasteiger partial charge in [-0.1, -0.05) is 44.2 Å². The minimum absolute atomic E-state index is 0.273. The molecule has 1 aromatic heterocycles. The molecule has 1 aliphatic rings. The average molecular weight is 282 g/mol. The van der Waals surface area contributed by atoms with Crippen LogP contribution in [-0.2, 0) is 6.54 Å². The van der Waals surface area contributed by atoms with Crippen LogP contribution in [0.3, 0.4) is 0 Å². The highest BCUT2D eigenvalue weighted by Gasteiger charge is 2.28. The van der Waals surface area contributed by atoms with Crippen LogP contribution in [0.15, 0.2) is 48.7 Å². The van der Waals surface area contributed by atoms with Crippen LogP contribution >= 0.6 is 0 Å². The van der Waals surface area contributed by atoms with Gasteiger partial charge in [-0.3, -0.25) is 4.90 Å². The second-order valence-corrected chi connectivity index (χ2v) is 6.00. The Morgan fingerprint density at radius 1 is 1.14 bits per heavy atom. The molecule has 3 heteroatoms. The Morgan fingerprint density at radius 2 is 1.90 bits per heavy atom. The normalized spacial score (nSPS) is 16.0. The molecule has 0 aliphatic carbocycles. The highest BCUT2D eigenvalue weighted by Crippen LogP contribution is 2.20. The summed E-state index contributed by atoms with van der Waals surface area (Å²) in [4.78, 5) is 6.60. The van der Waals surface area contributed by atoms with Crippen LogP contribution in [0.2, 0.25) is 0 Å². The van der Waals surface area contributed by atoms with E-state index in [9.17, 15) is 0 Å². The number of nitrogens with zero attached hydrogens (tertiary/aromatic N) is 2. The molecule has 0 amide bonds. The smallest absolute Gasteiger partial charge is 0.213 e. The number of pyridine rings is 1. The standard InChI is InChI=1S/C18H22N2O/c1-14(2)16-8-6-15(7-9-16)11-20-12-17(13-20)21-18-5-3-4-10-19-18/h3-10,14,17H,11-13H2,1-2H3. The van der Waals surface area contributed by atoms with Crippen LogP contribution in [-0.4, -0.2) is 29.1 Å². The van der Waals surface area contributed by atoms with E-state index in [0.717, 1.165) is 25.5 Å². The SMILES string of the molecule is CC(C)c1ccc(CN2CC(Oc3ccccn3)C2)cc1. The van der Waals surface area contributed by atoms with Crippen LogP contribution in [0.4, 0.5) is 0 Å². The number of benzene rings is 1. The quantitative estimate of drug-likeness (QED) is 0.839. The van der Waals surface area contributed by atoms with Gasteiger partial charge in [0, 0.05) is 31.9 Å². The van der Waals surface area contributed by atoms with Gasteiger partial charge in [0.15, 0.2) is 0 Å². The van der Waals surface area contributed by atoms with Crippen LogP contribution in [0.1, 0.15) is 30.9 Å². The minimum atomic E-state index is 0.273. The van der Waals surface area contributed by atoms with Crippen molar-refractivity contribution < 1.29 is 4.74 Å². The fraction of sp³-hybridized carbons (Fsp3) is 0.389. The Morgan fingerprint density at radius 3 is 2.52 bits per heavy atom. The Hall–Kier alpha value is -1.87. The highest BCUT2D eigenvalue weighted by atomic mass is 16.5. The molecule has 0 N–H and O–H groups in total. The molecule has 2 heterocycles. The van der Waals surface area contributed by atoms with E-state index in [-0.39, 0.29) is 6.10 Å². The summed E-state index contributed by atoms with van der Waals surface area (Å²) in [6, 6.07) is 14.7. The van der Waals surface area contributed by atoms with E-state index in [1.165, 1.54) is 11.1 Å². The van der Waals surface area contributed by atoms with Gasteiger partial charge >= 0.3 is 0 Å². The fourth-order valence-electron chi connectivity index (χ4n) is 2.58. The molecule has 0 radical (unpaired) electrons. The van der Waals surface area contributed by atoms with Gasteiger partial charge in [-0.05, 0) is 23.1 Å². The molecule has 0 atom stereocenters. The second kappa shape index (κ2) is 6.27. The molecule has 110 valence electrons. The molecule has 3 nitrogen and oxygen atoms in total. The van der Waals surface area contributed by atoms with E-state index in [1.807, 2.05) is 18.2 Å². The fourth-order valence-corrected chi connectivity index (χ4v) is 2.58. The molecule has 1 aromatic carbocycles. The molecular weight excluding hydrogens is 260 g/mol. The van der Waals surface area contributed by atoms with Crippen LogP contribution in [0, 0.1) is 0 Å². The van der Waals surface area contributed by atoms with Crippen molar-refractivity contribution in [3.8, 4) is 5.88 Å². The molecule has 1 saturated heterocycles. The van der Waals surface area contributed by atoms with Crippen molar-refractivity contribution in [2.75, 3.05) is 13.1 Å². The summed E-state index contributed by atoms with van der Waals surface area (Å²) in [7, 11) is 0. The van der Waals surface area contributed by atoms with E-state index < -0.39 is 0 Å². The van der Waals surface area contributed by atoms with Gasteiger partial charge in [0.1, 0.15) is 6.10 Å². The van der Waals surface area contributed by atoms with Crippen LogP contribution in [0.25, 0.3) is 0 Å². The zero-order valence-corrected chi connectivity index (χ0v) is 12.7. The first-order chi connectivity index (χ1) is 10.2. The third kappa shape index (κ3) is 3.61. The maximum atomic E-state index is 5.82. The molecule has 2 aromatic rings. The molecule has 0 bridgehead atoms. The molecule has 21 heavy (non-hydrogen) atoms. The minimum Gasteiger partial charge on any atom is -0.472 e. The number of ether oxygens (including phenoxy) is 1. The van der Waals surface area contributed by atoms with Gasteiger partial charge in [-0.15, -0.1) is 0 Å². The Kier molecular flexibility index (Phi) is 4.20. The van der Waals surface area contributed by atoms with Crippen molar-refractivity contribution in [1.82, 2.24) is 9.88 Å². The first-order valence-electron chi connectivity index (χ1n) is 7.59. The maximum Gasteiger partial charge on any atom is 0.213 e. The van der Waals surface area contributed by atoms with Crippen molar-refractivity contribution in [3.63, 3.8) is 0 Å². The molecule has 1 fully saturated rings. The Bertz CT molecular complexity index is 560. The predicted molar refractivity (Wildman–Crippen MR) is 84.5 cm³/mol. The van der Waals surface area contributed by atoms with E-state index in [0.29, 0.717) is 5.92 Å². The van der Waals surface area contributed by atoms with E-state index in [1.54, 1.807) is 6.20 Å². The Labute approximate surface area is 126 Å². The number of likely N-dealkylation sites (tertiary alicyclic amines) is 1. The molecule has 0 spiro atoms. The zero-order chi connectivity index (χ0) is 14.7. The number of aromatic nitrogens is 1. The lowest BCUT2D eigenvalue weighted by Crippen LogP contribution is -2.53. The van der Waals surface area contributed by atoms with Crippen LogP contribution < -0.4 is 4.74 Å². The molecule has 3 rings (SSSR count). The largest absolute Gasteiger partial charge is 0.472 e. The van der Waals surface area contributed by atoms with E-state index >= 15 is 0 Å². The van der Waals surface area contributed by atoms with Crippen molar-refractivity contribution in [2.24, 2.45) is 0 Å². The van der Waals surface area contributed by atoms with E-state index in [2.05, 4.69) is 48.0 Å². The summed E-state index contributed by atoms with van der Waals surface area (Å²) < 4.78 is 5.82. The average Bonchev–Trinajstić information content (AvgIpc) is 2.46. The predicted octanol–water partition coefficient (Wildman–Crippen LogP) is 3.47. The Balaban J connectivity index is 1.46. The summed E-state index contributed by atoms with van der Waals surface area (Å²) in [5.74, 6) is 1.32. The summed E-state index contributed by atoms with van der Waals surface area (Å²) in [5.41, 5.74) is 2.77. The summed E-state index contributed by atoms with van der Waals surface area (Å²) >= 11 is 0. The second-order valence-electron chi connectivity index (χ2n) is 6.00. The van der Waals surface area contributed by atoms with Gasteiger partial charge in [0.2, 0.25) is 5.88 Å². The van der Waals surface area contributed by atoms with Gasteiger partial charge in [-0.2, -0.15) is 0 Å². The lowest BCUT2D eigenvalue weighted by atomic mass is 10.0. The van der Waals surface area contributed by atoms with Crippen molar-refractivity contribution in [1.29, 1.82) is 0 Å². The summed E-state index contributed by atoms with van der Waals surface area (Å²) in [5, 5.41) is 0. The lowest BCUT2D eigenvalue weighted by molar-refractivity contribution is 0.0118. The molecule has 1 aliphatic heterocycles. The topological polar surface area (TPSA) is 25.4 Å². The van der Waals surface area contributed by atoms with Gasteiger partial charge < -0.3 is 4.74 Å². The maximum absolute atomic E-state index is 5.82. The molecule has 0 saturated carbocycles. The van der Waals surface area contributed by atoms with Crippen molar-refractivity contribution in [2.45, 2.75) is 32.4 Å². The third-order valence-electron chi connectivity index (χ3n) is 3.90. The number of hydrogen-bond acceptors (Lipinski definition) is 3. The third-order valence-corrected chi connectivity index (χ3v) is 3.90. The summed E-state index contributed by atoms with van der Waals surface area (Å²) in [6.45, 7) is 7.40.